The summed E-state index contributed by atoms with van der Waals surface area (Å²) in [4.78, 5) is 37.0. The van der Waals surface area contributed by atoms with Gasteiger partial charge in [0.25, 0.3) is 5.91 Å². The highest BCUT2D eigenvalue weighted by atomic mass is 35.5. The summed E-state index contributed by atoms with van der Waals surface area (Å²) in [5.74, 6) is -1.53. The number of carbonyl (C=O) groups is 3. The Morgan fingerprint density at radius 3 is 2.21 bits per heavy atom. The molecule has 4 nitrogen and oxygen atoms in total. The number of Topliss-reactive ketones (excluding diaryl/α,β-unsaturated/α-hetero) is 2. The summed E-state index contributed by atoms with van der Waals surface area (Å²) in [6.45, 7) is 2.64. The zero-order valence-corrected chi connectivity index (χ0v) is 14.6. The molecule has 0 bridgehead atoms. The van der Waals surface area contributed by atoms with Crippen LogP contribution < -0.4 is 5.32 Å². The lowest BCUT2D eigenvalue weighted by molar-refractivity contribution is -0.117. The normalized spacial score (nSPS) is 13.9. The molecule has 1 aromatic rings. The third kappa shape index (κ3) is 4.12. The van der Waals surface area contributed by atoms with E-state index in [1.807, 2.05) is 0 Å². The van der Waals surface area contributed by atoms with Crippen molar-refractivity contribution < 1.29 is 14.4 Å². The highest BCUT2D eigenvalue weighted by molar-refractivity contribution is 6.53. The van der Waals surface area contributed by atoms with Gasteiger partial charge in [-0.1, -0.05) is 74.9 Å². The van der Waals surface area contributed by atoms with Crippen LogP contribution in [0.2, 0.25) is 0 Å². The lowest BCUT2D eigenvalue weighted by Crippen LogP contribution is -2.33. The summed E-state index contributed by atoms with van der Waals surface area (Å²) in [5.41, 5.74) is 0.239. The minimum atomic E-state index is -0.568. The molecule has 0 unspecified atom stereocenters. The van der Waals surface area contributed by atoms with Crippen LogP contribution in [0.1, 0.15) is 66.2 Å². The molecule has 0 atom stereocenters. The van der Waals surface area contributed by atoms with E-state index >= 15 is 0 Å². The van der Waals surface area contributed by atoms with E-state index < -0.39 is 17.5 Å². The molecule has 5 heteroatoms. The number of allylic oxidation sites excluding steroid dienone is 1. The van der Waals surface area contributed by atoms with Crippen LogP contribution in [0.25, 0.3) is 0 Å². The van der Waals surface area contributed by atoms with E-state index in [4.69, 9.17) is 11.6 Å². The fourth-order valence-electron chi connectivity index (χ4n) is 2.74. The summed E-state index contributed by atoms with van der Waals surface area (Å²) >= 11 is 6.00. The van der Waals surface area contributed by atoms with Gasteiger partial charge in [-0.25, -0.2) is 0 Å². The molecule has 128 valence electrons. The molecule has 0 saturated heterocycles. The van der Waals surface area contributed by atoms with E-state index in [1.165, 1.54) is 19.3 Å². The van der Waals surface area contributed by atoms with Crippen molar-refractivity contribution in [3.63, 3.8) is 0 Å². The minimum Gasteiger partial charge on any atom is -0.352 e. The maximum absolute atomic E-state index is 12.5. The Bertz CT molecular complexity index is 679. The monoisotopic (exact) mass is 347 g/mol. The smallest absolute Gasteiger partial charge is 0.256 e. The Labute approximate surface area is 147 Å². The second kappa shape index (κ2) is 8.78. The van der Waals surface area contributed by atoms with Crippen LogP contribution in [0, 0.1) is 0 Å². The van der Waals surface area contributed by atoms with Crippen LogP contribution in [-0.4, -0.2) is 24.0 Å². The molecule has 24 heavy (non-hydrogen) atoms. The topological polar surface area (TPSA) is 63.2 Å². The number of hydrogen-bond donors (Lipinski definition) is 1. The van der Waals surface area contributed by atoms with E-state index in [1.54, 1.807) is 24.3 Å². The number of rotatable bonds is 8. The van der Waals surface area contributed by atoms with Gasteiger partial charge in [0.05, 0.1) is 0 Å². The first-order valence-corrected chi connectivity index (χ1v) is 8.82. The number of benzene rings is 1. The molecule has 2 rings (SSSR count). The average Bonchev–Trinajstić information content (AvgIpc) is 2.59. The molecule has 1 aliphatic carbocycles. The first-order valence-electron chi connectivity index (χ1n) is 8.44. The predicted octanol–water partition coefficient (Wildman–Crippen LogP) is 4.04. The van der Waals surface area contributed by atoms with Crippen molar-refractivity contribution in [3.8, 4) is 0 Å². The minimum absolute atomic E-state index is 0.233. The zero-order valence-electron chi connectivity index (χ0n) is 13.9. The molecular weight excluding hydrogens is 326 g/mol. The largest absolute Gasteiger partial charge is 0.352 e. The number of unbranched alkanes of at least 4 members (excludes halogenated alkanes) is 5. The highest BCUT2D eigenvalue weighted by Gasteiger charge is 2.34. The maximum Gasteiger partial charge on any atom is 0.256 e. The van der Waals surface area contributed by atoms with Gasteiger partial charge in [-0.2, -0.15) is 0 Å². The predicted molar refractivity (Wildman–Crippen MR) is 94.4 cm³/mol. The Hall–Kier alpha value is -1.94. The maximum atomic E-state index is 12.5. The molecular formula is C19H22ClNO3. The zero-order chi connectivity index (χ0) is 17.5. The van der Waals surface area contributed by atoms with Gasteiger partial charge in [0.1, 0.15) is 10.6 Å². The summed E-state index contributed by atoms with van der Waals surface area (Å²) in [6, 6.07) is 6.41. The number of halogens is 1. The van der Waals surface area contributed by atoms with E-state index in [2.05, 4.69) is 12.2 Å². The van der Waals surface area contributed by atoms with Gasteiger partial charge >= 0.3 is 0 Å². The van der Waals surface area contributed by atoms with Crippen LogP contribution in [0.3, 0.4) is 0 Å². The molecule has 0 radical (unpaired) electrons. The summed E-state index contributed by atoms with van der Waals surface area (Å²) in [6.07, 6.45) is 6.64. The summed E-state index contributed by atoms with van der Waals surface area (Å²) in [7, 11) is 0. The van der Waals surface area contributed by atoms with Crippen molar-refractivity contribution >= 4 is 29.1 Å². The molecule has 1 aliphatic rings. The van der Waals surface area contributed by atoms with Crippen molar-refractivity contribution in [2.24, 2.45) is 0 Å². The second-order valence-corrected chi connectivity index (χ2v) is 6.29. The van der Waals surface area contributed by atoms with Gasteiger partial charge in [0, 0.05) is 17.7 Å². The lowest BCUT2D eigenvalue weighted by atomic mass is 9.89. The third-order valence-corrected chi connectivity index (χ3v) is 4.47. The number of hydrogen-bond acceptors (Lipinski definition) is 3. The summed E-state index contributed by atoms with van der Waals surface area (Å²) in [5, 5.41) is 2.41. The van der Waals surface area contributed by atoms with Gasteiger partial charge in [0.2, 0.25) is 11.6 Å². The van der Waals surface area contributed by atoms with Crippen LogP contribution in [-0.2, 0) is 4.79 Å². The van der Waals surface area contributed by atoms with Gasteiger partial charge in [-0.05, 0) is 6.42 Å². The van der Waals surface area contributed by atoms with Crippen LogP contribution in [0.5, 0.6) is 0 Å². The van der Waals surface area contributed by atoms with Crippen molar-refractivity contribution in [1.82, 2.24) is 5.32 Å². The number of amides is 1. The van der Waals surface area contributed by atoms with E-state index in [-0.39, 0.29) is 21.7 Å². The number of fused-ring (bicyclic) bond motifs is 1. The van der Waals surface area contributed by atoms with Gasteiger partial charge in [-0.15, -0.1) is 0 Å². The first kappa shape index (κ1) is 18.4. The lowest BCUT2D eigenvalue weighted by Gasteiger charge is -2.17. The molecule has 0 fully saturated rings. The average molecular weight is 348 g/mol. The van der Waals surface area contributed by atoms with E-state index in [0.29, 0.717) is 6.54 Å². The molecule has 1 aromatic carbocycles. The molecule has 0 heterocycles. The molecule has 0 aromatic heterocycles. The SMILES string of the molecule is CCCCCCCCNC(=O)C1=C(Cl)C(=O)c2ccccc2C1=O. The quantitative estimate of drug-likeness (QED) is 0.570. The Balaban J connectivity index is 1.96. The molecule has 1 amide bonds. The Morgan fingerprint density at radius 2 is 1.54 bits per heavy atom. The number of ketones is 2. The third-order valence-electron chi connectivity index (χ3n) is 4.11. The van der Waals surface area contributed by atoms with E-state index in [0.717, 1.165) is 19.3 Å². The van der Waals surface area contributed by atoms with Crippen molar-refractivity contribution in [2.75, 3.05) is 6.54 Å². The van der Waals surface area contributed by atoms with Crippen molar-refractivity contribution in [2.45, 2.75) is 45.4 Å². The Morgan fingerprint density at radius 1 is 0.958 bits per heavy atom. The first-order chi connectivity index (χ1) is 11.6. The van der Waals surface area contributed by atoms with Crippen molar-refractivity contribution in [1.29, 1.82) is 0 Å². The fraction of sp³-hybridized carbons (Fsp3) is 0.421. The molecule has 0 spiro atoms. The van der Waals surface area contributed by atoms with Crippen LogP contribution in [0.4, 0.5) is 0 Å². The molecule has 1 N–H and O–H groups in total. The van der Waals surface area contributed by atoms with Gasteiger partial charge in [0.15, 0.2) is 0 Å². The fourth-order valence-corrected chi connectivity index (χ4v) is 3.02. The summed E-state index contributed by atoms with van der Waals surface area (Å²) < 4.78 is 0. The van der Waals surface area contributed by atoms with Gasteiger partial charge < -0.3 is 5.32 Å². The number of carbonyl (C=O) groups excluding carboxylic acids is 3. The van der Waals surface area contributed by atoms with Crippen LogP contribution in [0.15, 0.2) is 34.9 Å². The van der Waals surface area contributed by atoms with Crippen LogP contribution >= 0.6 is 11.6 Å². The van der Waals surface area contributed by atoms with Crippen molar-refractivity contribution in [3.05, 3.63) is 46.0 Å². The highest BCUT2D eigenvalue weighted by Crippen LogP contribution is 2.28. The molecule has 0 aliphatic heterocycles. The van der Waals surface area contributed by atoms with Gasteiger partial charge in [-0.3, -0.25) is 14.4 Å². The Kier molecular flexibility index (Phi) is 6.73. The second-order valence-electron chi connectivity index (χ2n) is 5.92. The standard InChI is InChI=1S/C19H22ClNO3/c1-2-3-4-5-6-9-12-21-19(24)15-16(20)18(23)14-11-8-7-10-13(14)17(15)22/h7-8,10-11H,2-6,9,12H2,1H3,(H,21,24). The molecule has 0 saturated carbocycles. The number of nitrogens with one attached hydrogen (secondary N) is 1. The van der Waals surface area contributed by atoms with E-state index in [9.17, 15) is 14.4 Å².